The number of aromatic nitrogens is 2. The maximum absolute atomic E-state index is 13.0. The van der Waals surface area contributed by atoms with Gasteiger partial charge in [0, 0.05) is 38.3 Å². The SMILES string of the molecule is C[C@@H]1CN(c2ccc(C#N)nn2)C[C@@H](C)N1C(=O)NCCC1CCN(Cc2ccccc2)CC1. The van der Waals surface area contributed by atoms with Gasteiger partial charge in [-0.3, -0.25) is 4.90 Å². The summed E-state index contributed by atoms with van der Waals surface area (Å²) in [7, 11) is 0. The number of carbonyl (C=O) groups is 1. The molecule has 180 valence electrons. The number of rotatable bonds is 6. The number of benzene rings is 1. The Kier molecular flexibility index (Phi) is 7.96. The lowest BCUT2D eigenvalue weighted by molar-refractivity contribution is 0.139. The fourth-order valence-corrected chi connectivity index (χ4v) is 5.21. The molecule has 3 heterocycles. The lowest BCUT2D eigenvalue weighted by Gasteiger charge is -2.44. The molecule has 8 nitrogen and oxygen atoms in total. The molecule has 2 fully saturated rings. The molecule has 0 radical (unpaired) electrons. The standard InChI is InChI=1S/C26H35N7O/c1-20-17-32(25-9-8-24(16-27)29-30-25)18-21(2)33(20)26(34)28-13-10-22-11-14-31(15-12-22)19-23-6-4-3-5-7-23/h3-9,20-22H,10-15,17-19H2,1-2H3,(H,28,34)/t20-,21-/m1/s1. The number of nitrogens with zero attached hydrogens (tertiary/aromatic N) is 6. The Morgan fingerprint density at radius 3 is 2.38 bits per heavy atom. The number of carbonyl (C=O) groups excluding carboxylic acids is 1. The van der Waals surface area contributed by atoms with Gasteiger partial charge in [0.05, 0.1) is 0 Å². The predicted octanol–water partition coefficient (Wildman–Crippen LogP) is 3.26. The van der Waals surface area contributed by atoms with Crippen molar-refractivity contribution in [2.24, 2.45) is 5.92 Å². The summed E-state index contributed by atoms with van der Waals surface area (Å²) >= 11 is 0. The minimum absolute atomic E-state index is 0.0204. The Morgan fingerprint density at radius 2 is 1.76 bits per heavy atom. The molecule has 34 heavy (non-hydrogen) atoms. The smallest absolute Gasteiger partial charge is 0.318 e. The number of likely N-dealkylation sites (tertiary alicyclic amines) is 1. The first-order chi connectivity index (χ1) is 16.5. The van der Waals surface area contributed by atoms with Crippen molar-refractivity contribution >= 4 is 11.8 Å². The summed E-state index contributed by atoms with van der Waals surface area (Å²) in [5.74, 6) is 1.42. The van der Waals surface area contributed by atoms with Gasteiger partial charge in [-0.05, 0) is 69.8 Å². The number of hydrogen-bond acceptors (Lipinski definition) is 6. The molecule has 0 saturated carbocycles. The van der Waals surface area contributed by atoms with Crippen LogP contribution in [-0.4, -0.2) is 70.8 Å². The summed E-state index contributed by atoms with van der Waals surface area (Å²) < 4.78 is 0. The largest absolute Gasteiger partial charge is 0.351 e. The van der Waals surface area contributed by atoms with Crippen LogP contribution in [0.2, 0.25) is 0 Å². The monoisotopic (exact) mass is 461 g/mol. The molecule has 2 saturated heterocycles. The third-order valence-electron chi connectivity index (χ3n) is 7.03. The summed E-state index contributed by atoms with van der Waals surface area (Å²) in [6.07, 6.45) is 3.42. The molecule has 4 rings (SSSR count). The van der Waals surface area contributed by atoms with Crippen LogP contribution in [0.15, 0.2) is 42.5 Å². The van der Waals surface area contributed by atoms with Crippen molar-refractivity contribution < 1.29 is 4.79 Å². The van der Waals surface area contributed by atoms with E-state index in [4.69, 9.17) is 5.26 Å². The number of nitrogens with one attached hydrogen (secondary N) is 1. The number of piperazine rings is 1. The zero-order valence-corrected chi connectivity index (χ0v) is 20.2. The topological polar surface area (TPSA) is 88.4 Å². The molecule has 1 aromatic carbocycles. The van der Waals surface area contributed by atoms with Crippen LogP contribution in [0.25, 0.3) is 0 Å². The van der Waals surface area contributed by atoms with Crippen LogP contribution in [0.5, 0.6) is 0 Å². The van der Waals surface area contributed by atoms with Crippen molar-refractivity contribution in [3.05, 3.63) is 53.7 Å². The fraction of sp³-hybridized carbons (Fsp3) is 0.538. The van der Waals surface area contributed by atoms with Crippen LogP contribution in [0, 0.1) is 17.2 Å². The highest BCUT2D eigenvalue weighted by molar-refractivity contribution is 5.75. The summed E-state index contributed by atoms with van der Waals surface area (Å²) in [6, 6.07) is 16.3. The van der Waals surface area contributed by atoms with E-state index in [0.29, 0.717) is 24.7 Å². The van der Waals surface area contributed by atoms with E-state index in [0.717, 1.165) is 38.4 Å². The lowest BCUT2D eigenvalue weighted by Crippen LogP contribution is -2.61. The third kappa shape index (κ3) is 6.03. The number of urea groups is 1. The first kappa shape index (κ1) is 24.0. The van der Waals surface area contributed by atoms with Gasteiger partial charge in [-0.1, -0.05) is 30.3 Å². The van der Waals surface area contributed by atoms with E-state index in [1.807, 2.05) is 17.0 Å². The van der Waals surface area contributed by atoms with Crippen molar-refractivity contribution in [2.75, 3.05) is 37.6 Å². The predicted molar refractivity (Wildman–Crippen MR) is 132 cm³/mol. The van der Waals surface area contributed by atoms with Gasteiger partial charge in [-0.15, -0.1) is 10.2 Å². The number of amides is 2. The van der Waals surface area contributed by atoms with Gasteiger partial charge < -0.3 is 15.1 Å². The Morgan fingerprint density at radius 1 is 1.06 bits per heavy atom. The Hall–Kier alpha value is -3.18. The zero-order valence-electron chi connectivity index (χ0n) is 20.2. The average molecular weight is 462 g/mol. The van der Waals surface area contributed by atoms with E-state index >= 15 is 0 Å². The van der Waals surface area contributed by atoms with Gasteiger partial charge in [-0.2, -0.15) is 5.26 Å². The van der Waals surface area contributed by atoms with Crippen LogP contribution >= 0.6 is 0 Å². The second kappa shape index (κ2) is 11.3. The van der Waals surface area contributed by atoms with E-state index in [1.54, 1.807) is 6.07 Å². The van der Waals surface area contributed by atoms with Crippen molar-refractivity contribution in [3.8, 4) is 6.07 Å². The van der Waals surface area contributed by atoms with Crippen LogP contribution in [0.1, 0.15) is 44.4 Å². The zero-order chi connectivity index (χ0) is 23.9. The van der Waals surface area contributed by atoms with Crippen LogP contribution in [0.4, 0.5) is 10.6 Å². The van der Waals surface area contributed by atoms with Crippen LogP contribution in [0.3, 0.4) is 0 Å². The molecule has 2 aliphatic rings. The average Bonchev–Trinajstić information content (AvgIpc) is 2.85. The molecular weight excluding hydrogens is 426 g/mol. The summed E-state index contributed by atoms with van der Waals surface area (Å²) in [6.45, 7) is 9.53. The number of piperidine rings is 1. The molecule has 2 amide bonds. The van der Waals surface area contributed by atoms with Crippen molar-refractivity contribution in [2.45, 2.75) is 51.7 Å². The van der Waals surface area contributed by atoms with Crippen molar-refractivity contribution in [1.29, 1.82) is 5.26 Å². The molecule has 0 aliphatic carbocycles. The molecule has 1 aromatic heterocycles. The van der Waals surface area contributed by atoms with E-state index in [-0.39, 0.29) is 18.1 Å². The molecule has 0 bridgehead atoms. The first-order valence-electron chi connectivity index (χ1n) is 12.3. The van der Waals surface area contributed by atoms with Gasteiger partial charge in [-0.25, -0.2) is 4.79 Å². The molecule has 0 spiro atoms. The van der Waals surface area contributed by atoms with Gasteiger partial charge in [0.25, 0.3) is 0 Å². The molecule has 0 unspecified atom stereocenters. The Balaban J connectivity index is 1.19. The number of hydrogen-bond donors (Lipinski definition) is 1. The maximum atomic E-state index is 13.0. The first-order valence-corrected chi connectivity index (χ1v) is 12.3. The molecular formula is C26H35N7O. The second-order valence-corrected chi connectivity index (χ2v) is 9.62. The van der Waals surface area contributed by atoms with Gasteiger partial charge >= 0.3 is 6.03 Å². The fourth-order valence-electron chi connectivity index (χ4n) is 5.21. The summed E-state index contributed by atoms with van der Waals surface area (Å²) in [5, 5.41) is 20.2. The molecule has 8 heteroatoms. The van der Waals surface area contributed by atoms with Crippen LogP contribution in [-0.2, 0) is 6.54 Å². The maximum Gasteiger partial charge on any atom is 0.318 e. The molecule has 2 aliphatic heterocycles. The highest BCUT2D eigenvalue weighted by Crippen LogP contribution is 2.23. The van der Waals surface area contributed by atoms with Gasteiger partial charge in [0.1, 0.15) is 6.07 Å². The lowest BCUT2D eigenvalue weighted by atomic mass is 9.93. The Bertz CT molecular complexity index is 955. The Labute approximate surface area is 202 Å². The molecule has 1 N–H and O–H groups in total. The highest BCUT2D eigenvalue weighted by Gasteiger charge is 2.33. The van der Waals surface area contributed by atoms with E-state index in [2.05, 4.69) is 69.5 Å². The highest BCUT2D eigenvalue weighted by atomic mass is 16.2. The van der Waals surface area contributed by atoms with Crippen LogP contribution < -0.4 is 10.2 Å². The minimum atomic E-state index is 0.0204. The normalized spacial score (nSPS) is 21.8. The summed E-state index contributed by atoms with van der Waals surface area (Å²) in [5.41, 5.74) is 1.69. The van der Waals surface area contributed by atoms with E-state index in [1.165, 1.54) is 18.4 Å². The molecule has 2 aromatic rings. The van der Waals surface area contributed by atoms with Crippen molar-refractivity contribution in [1.82, 2.24) is 25.3 Å². The quantitative estimate of drug-likeness (QED) is 0.710. The third-order valence-corrected chi connectivity index (χ3v) is 7.03. The van der Waals surface area contributed by atoms with Gasteiger partial charge in [0.2, 0.25) is 0 Å². The van der Waals surface area contributed by atoms with Gasteiger partial charge in [0.15, 0.2) is 11.5 Å². The number of anilines is 1. The minimum Gasteiger partial charge on any atom is -0.351 e. The van der Waals surface area contributed by atoms with E-state index in [9.17, 15) is 4.79 Å². The molecule has 2 atom stereocenters. The van der Waals surface area contributed by atoms with E-state index < -0.39 is 0 Å². The van der Waals surface area contributed by atoms with Crippen molar-refractivity contribution in [3.63, 3.8) is 0 Å². The number of nitriles is 1. The summed E-state index contributed by atoms with van der Waals surface area (Å²) in [4.78, 5) is 19.6. The second-order valence-electron chi connectivity index (χ2n) is 9.62.